The van der Waals surface area contributed by atoms with Gasteiger partial charge in [0.15, 0.2) is 0 Å². The first-order chi connectivity index (χ1) is 9.65. The third kappa shape index (κ3) is 3.49. The fourth-order valence-electron chi connectivity index (χ4n) is 2.67. The molecule has 2 rings (SSSR count). The maximum atomic E-state index is 9.91. The van der Waals surface area contributed by atoms with Crippen molar-refractivity contribution in [1.82, 2.24) is 4.90 Å². The molecule has 1 aromatic carbocycles. The monoisotopic (exact) mass is 281 g/mol. The highest BCUT2D eigenvalue weighted by molar-refractivity contribution is 5.27. The van der Waals surface area contributed by atoms with E-state index in [1.54, 1.807) is 7.11 Å². The third-order valence-corrected chi connectivity index (χ3v) is 4.00. The molecule has 1 aliphatic rings. The second kappa shape index (κ2) is 7.04. The Kier molecular flexibility index (Phi) is 5.37. The molecular formula is C15H23NO4. The van der Waals surface area contributed by atoms with Crippen LogP contribution in [-0.4, -0.2) is 65.3 Å². The number of piperidine rings is 1. The second-order valence-corrected chi connectivity index (χ2v) is 5.23. The summed E-state index contributed by atoms with van der Waals surface area (Å²) < 4.78 is 5.12. The van der Waals surface area contributed by atoms with Crippen molar-refractivity contribution in [1.29, 1.82) is 0 Å². The predicted molar refractivity (Wildman–Crippen MR) is 75.8 cm³/mol. The molecule has 5 heteroatoms. The van der Waals surface area contributed by atoms with Crippen molar-refractivity contribution in [2.75, 3.05) is 26.8 Å². The lowest BCUT2D eigenvalue weighted by Crippen LogP contribution is -2.56. The van der Waals surface area contributed by atoms with Gasteiger partial charge in [0, 0.05) is 13.1 Å². The van der Waals surface area contributed by atoms with E-state index < -0.39 is 12.2 Å². The molecular weight excluding hydrogens is 258 g/mol. The molecule has 1 aromatic rings. The van der Waals surface area contributed by atoms with E-state index in [4.69, 9.17) is 4.74 Å². The zero-order valence-corrected chi connectivity index (χ0v) is 11.8. The van der Waals surface area contributed by atoms with Gasteiger partial charge in [0.05, 0.1) is 32.0 Å². The summed E-state index contributed by atoms with van der Waals surface area (Å²) in [5.74, 6) is 0.832. The molecule has 1 heterocycles. The summed E-state index contributed by atoms with van der Waals surface area (Å²) >= 11 is 0. The van der Waals surface area contributed by atoms with E-state index in [0.29, 0.717) is 13.0 Å². The van der Waals surface area contributed by atoms with Gasteiger partial charge in [-0.3, -0.25) is 4.90 Å². The quantitative estimate of drug-likeness (QED) is 0.710. The minimum atomic E-state index is -0.871. The van der Waals surface area contributed by atoms with Crippen LogP contribution in [0.4, 0.5) is 0 Å². The molecule has 0 spiro atoms. The smallest absolute Gasteiger partial charge is 0.118 e. The van der Waals surface area contributed by atoms with Crippen LogP contribution in [0.25, 0.3) is 0 Å². The molecule has 0 bridgehead atoms. The van der Waals surface area contributed by atoms with Gasteiger partial charge in [-0.05, 0) is 30.5 Å². The molecule has 0 radical (unpaired) electrons. The van der Waals surface area contributed by atoms with Crippen LogP contribution in [0, 0.1) is 0 Å². The highest BCUT2D eigenvalue weighted by Gasteiger charge is 2.35. The van der Waals surface area contributed by atoms with E-state index in [0.717, 1.165) is 18.7 Å². The van der Waals surface area contributed by atoms with Crippen LogP contribution in [0.5, 0.6) is 5.75 Å². The van der Waals surface area contributed by atoms with Crippen LogP contribution >= 0.6 is 0 Å². The average molecular weight is 281 g/mol. The lowest BCUT2D eigenvalue weighted by atomic mass is 9.96. The molecule has 0 aliphatic carbocycles. The predicted octanol–water partition coefficient (Wildman–Crippen LogP) is 0.0261. The number of methoxy groups -OCH3 is 1. The Morgan fingerprint density at radius 3 is 2.55 bits per heavy atom. The van der Waals surface area contributed by atoms with Gasteiger partial charge < -0.3 is 20.1 Å². The van der Waals surface area contributed by atoms with Crippen LogP contribution in [0.3, 0.4) is 0 Å². The summed E-state index contributed by atoms with van der Waals surface area (Å²) in [5.41, 5.74) is 1.18. The Balaban J connectivity index is 1.91. The van der Waals surface area contributed by atoms with Crippen molar-refractivity contribution in [3.8, 4) is 5.75 Å². The maximum absolute atomic E-state index is 9.91. The molecule has 20 heavy (non-hydrogen) atoms. The van der Waals surface area contributed by atoms with Crippen molar-refractivity contribution < 1.29 is 20.1 Å². The molecule has 112 valence electrons. The zero-order valence-electron chi connectivity index (χ0n) is 11.8. The highest BCUT2D eigenvalue weighted by Crippen LogP contribution is 2.19. The van der Waals surface area contributed by atoms with E-state index in [9.17, 15) is 15.3 Å². The Hall–Kier alpha value is -1.14. The lowest BCUT2D eigenvalue weighted by Gasteiger charge is -2.40. The summed E-state index contributed by atoms with van der Waals surface area (Å²) in [7, 11) is 1.64. The standard InChI is InChI=1S/C15H23NO4/c1-20-12-4-2-11(3-5-12)6-8-16-9-7-14(18)15(19)13(16)10-17/h2-5,13-15,17-19H,6-10H2,1H3/t13-,14+,15+/m0/s1. The molecule has 3 atom stereocenters. The first-order valence-electron chi connectivity index (χ1n) is 6.99. The van der Waals surface area contributed by atoms with E-state index in [1.807, 2.05) is 29.2 Å². The molecule has 0 unspecified atom stereocenters. The van der Waals surface area contributed by atoms with Gasteiger partial charge in [-0.15, -0.1) is 0 Å². The summed E-state index contributed by atoms with van der Waals surface area (Å²) in [6.07, 6.45) is -0.224. The fourth-order valence-corrected chi connectivity index (χ4v) is 2.67. The fraction of sp³-hybridized carbons (Fsp3) is 0.600. The molecule has 0 saturated carbocycles. The van der Waals surface area contributed by atoms with Gasteiger partial charge in [0.25, 0.3) is 0 Å². The molecule has 5 nitrogen and oxygen atoms in total. The summed E-state index contributed by atoms with van der Waals surface area (Å²) in [6.45, 7) is 1.31. The van der Waals surface area contributed by atoms with Crippen LogP contribution in [-0.2, 0) is 6.42 Å². The number of aliphatic hydroxyl groups is 3. The van der Waals surface area contributed by atoms with Gasteiger partial charge in [-0.25, -0.2) is 0 Å². The first-order valence-corrected chi connectivity index (χ1v) is 6.99. The number of rotatable bonds is 5. The lowest BCUT2D eigenvalue weighted by molar-refractivity contribution is -0.0890. The van der Waals surface area contributed by atoms with Gasteiger partial charge in [-0.2, -0.15) is 0 Å². The molecule has 1 saturated heterocycles. The van der Waals surface area contributed by atoms with Crippen molar-refractivity contribution >= 4 is 0 Å². The molecule has 1 aliphatic heterocycles. The number of ether oxygens (including phenoxy) is 1. The molecule has 0 aromatic heterocycles. The van der Waals surface area contributed by atoms with E-state index in [1.165, 1.54) is 5.56 Å². The van der Waals surface area contributed by atoms with Crippen LogP contribution < -0.4 is 4.74 Å². The Labute approximate surface area is 119 Å². The maximum Gasteiger partial charge on any atom is 0.118 e. The van der Waals surface area contributed by atoms with Crippen LogP contribution in [0.2, 0.25) is 0 Å². The Bertz CT molecular complexity index is 409. The number of benzene rings is 1. The first kappa shape index (κ1) is 15.3. The third-order valence-electron chi connectivity index (χ3n) is 4.00. The van der Waals surface area contributed by atoms with Gasteiger partial charge in [0.2, 0.25) is 0 Å². The summed E-state index contributed by atoms with van der Waals surface area (Å²) in [5, 5.41) is 28.9. The van der Waals surface area contributed by atoms with E-state index in [-0.39, 0.29) is 12.6 Å². The van der Waals surface area contributed by atoms with Crippen molar-refractivity contribution in [3.63, 3.8) is 0 Å². The minimum absolute atomic E-state index is 0.138. The van der Waals surface area contributed by atoms with E-state index in [2.05, 4.69) is 0 Å². The SMILES string of the molecule is COc1ccc(CCN2CC[C@@H](O)[C@H](O)[C@@H]2CO)cc1. The molecule has 0 amide bonds. The number of hydrogen-bond acceptors (Lipinski definition) is 5. The number of aliphatic hydroxyl groups excluding tert-OH is 3. The minimum Gasteiger partial charge on any atom is -0.497 e. The van der Waals surface area contributed by atoms with Gasteiger partial charge in [0.1, 0.15) is 5.75 Å². The average Bonchev–Trinajstić information content (AvgIpc) is 2.49. The van der Waals surface area contributed by atoms with E-state index >= 15 is 0 Å². The Morgan fingerprint density at radius 2 is 1.95 bits per heavy atom. The topological polar surface area (TPSA) is 73.2 Å². The number of hydrogen-bond donors (Lipinski definition) is 3. The second-order valence-electron chi connectivity index (χ2n) is 5.23. The highest BCUT2D eigenvalue weighted by atomic mass is 16.5. The molecule has 1 fully saturated rings. The van der Waals surface area contributed by atoms with Crippen molar-refractivity contribution in [2.24, 2.45) is 0 Å². The molecule has 3 N–H and O–H groups in total. The zero-order chi connectivity index (χ0) is 14.5. The van der Waals surface area contributed by atoms with Gasteiger partial charge in [-0.1, -0.05) is 12.1 Å². The van der Waals surface area contributed by atoms with Gasteiger partial charge >= 0.3 is 0 Å². The Morgan fingerprint density at radius 1 is 1.25 bits per heavy atom. The van der Waals surface area contributed by atoms with Crippen molar-refractivity contribution in [3.05, 3.63) is 29.8 Å². The largest absolute Gasteiger partial charge is 0.497 e. The van der Waals surface area contributed by atoms with Crippen LogP contribution in [0.1, 0.15) is 12.0 Å². The summed E-state index contributed by atoms with van der Waals surface area (Å²) in [6, 6.07) is 7.50. The number of nitrogens with zero attached hydrogens (tertiary/aromatic N) is 1. The normalized spacial score (nSPS) is 27.5. The van der Waals surface area contributed by atoms with Crippen molar-refractivity contribution in [2.45, 2.75) is 31.1 Å². The number of likely N-dealkylation sites (tertiary alicyclic amines) is 1. The van der Waals surface area contributed by atoms with Crippen LogP contribution in [0.15, 0.2) is 24.3 Å². The summed E-state index contributed by atoms with van der Waals surface area (Å²) in [4.78, 5) is 2.04.